The van der Waals surface area contributed by atoms with Gasteiger partial charge in [0.25, 0.3) is 0 Å². The largest absolute Gasteiger partial charge is 0.755 e. The van der Waals surface area contributed by atoms with Crippen molar-refractivity contribution in [3.05, 3.63) is 23.2 Å². The van der Waals surface area contributed by atoms with Crippen molar-refractivity contribution in [3.8, 4) is 5.75 Å². The molecule has 1 atom stereocenters. The van der Waals surface area contributed by atoms with Crippen LogP contribution in [0.15, 0.2) is 18.2 Å². The number of benzene rings is 1. The monoisotopic (exact) mass is 243 g/mol. The first-order chi connectivity index (χ1) is 6.13. The maximum atomic E-state index is 10.3. The van der Waals surface area contributed by atoms with Gasteiger partial charge in [0.15, 0.2) is 0 Å². The molecule has 1 unspecified atom stereocenters. The first-order valence-corrected chi connectivity index (χ1v) is 4.78. The smallest absolute Gasteiger partial charge is 0.142 e. The first-order valence-electron chi connectivity index (χ1n) is 3.33. The molecule has 1 aromatic carbocycles. The Labute approximate surface area is 112 Å². The van der Waals surface area contributed by atoms with Crippen LogP contribution >= 0.6 is 11.6 Å². The van der Waals surface area contributed by atoms with Crippen molar-refractivity contribution in [2.45, 2.75) is 0 Å². The molecular formula is C7H7ClNNaO3S-. The van der Waals surface area contributed by atoms with Gasteiger partial charge in [-0.1, -0.05) is 11.6 Å². The summed E-state index contributed by atoms with van der Waals surface area (Å²) < 4.78 is 27.8. The molecule has 0 fully saturated rings. The van der Waals surface area contributed by atoms with Crippen LogP contribution in [0.2, 0.25) is 5.02 Å². The summed E-state index contributed by atoms with van der Waals surface area (Å²) in [5, 5.41) is 0.439. The second-order valence-corrected chi connectivity index (χ2v) is 3.29. The van der Waals surface area contributed by atoms with E-state index in [0.717, 1.165) is 0 Å². The van der Waals surface area contributed by atoms with Crippen LogP contribution in [0.5, 0.6) is 5.75 Å². The molecule has 14 heavy (non-hydrogen) atoms. The van der Waals surface area contributed by atoms with E-state index >= 15 is 0 Å². The molecule has 4 nitrogen and oxygen atoms in total. The predicted octanol–water partition coefficient (Wildman–Crippen LogP) is 1.17. The topological polar surface area (TPSA) is 61.4 Å². The third kappa shape index (κ3) is 4.16. The number of halogens is 1. The molecule has 1 rings (SSSR count). The van der Waals surface area contributed by atoms with Crippen LogP contribution in [-0.4, -0.2) is 45.4 Å². The molecular weight excluding hydrogens is 237 g/mol. The Balaban J connectivity index is 0.00000169. The molecule has 1 N–H and O–H groups in total. The van der Waals surface area contributed by atoms with E-state index in [2.05, 4.69) is 4.72 Å². The van der Waals surface area contributed by atoms with Gasteiger partial charge in [-0.05, 0) is 18.2 Å². The van der Waals surface area contributed by atoms with E-state index in [9.17, 15) is 8.76 Å². The molecule has 0 amide bonds. The maximum absolute atomic E-state index is 10.3. The van der Waals surface area contributed by atoms with Crippen molar-refractivity contribution < 1.29 is 13.5 Å². The first kappa shape index (κ1) is 14.2. The summed E-state index contributed by atoms with van der Waals surface area (Å²) in [6, 6.07) is 4.66. The van der Waals surface area contributed by atoms with E-state index in [1.54, 1.807) is 12.1 Å². The molecule has 0 heterocycles. The molecule has 0 aliphatic carbocycles. The molecule has 0 bridgehead atoms. The van der Waals surface area contributed by atoms with Crippen molar-refractivity contribution in [1.29, 1.82) is 0 Å². The van der Waals surface area contributed by atoms with Gasteiger partial charge in [0.2, 0.25) is 0 Å². The Bertz CT molecular complexity index is 337. The Kier molecular flexibility index (Phi) is 6.76. The number of anilines is 1. The number of rotatable bonds is 3. The second-order valence-electron chi connectivity index (χ2n) is 2.18. The summed E-state index contributed by atoms with van der Waals surface area (Å²) in [6.45, 7) is 0. The third-order valence-electron chi connectivity index (χ3n) is 1.35. The Hall–Kier alpha value is 0.220. The number of hydrogen-bond donors (Lipinski definition) is 1. The van der Waals surface area contributed by atoms with Crippen molar-refractivity contribution in [1.82, 2.24) is 0 Å². The summed E-state index contributed by atoms with van der Waals surface area (Å²) in [7, 11) is 1.45. The standard InChI is InChI=1S/C7H8ClNO3S.Na/c1-12-7-3-2-5(8)4-6(7)9-13(10)11;/h2-4,9H,1H3,(H,10,11);/p-1. The average molecular weight is 244 g/mol. The quantitative estimate of drug-likeness (QED) is 0.640. The van der Waals surface area contributed by atoms with Crippen molar-refractivity contribution in [2.24, 2.45) is 0 Å². The molecule has 7 heteroatoms. The van der Waals surface area contributed by atoms with Gasteiger partial charge in [0.1, 0.15) is 5.75 Å². The van der Waals surface area contributed by atoms with Crippen LogP contribution in [0.4, 0.5) is 5.69 Å². The fraction of sp³-hybridized carbons (Fsp3) is 0.143. The molecule has 0 saturated carbocycles. The van der Waals surface area contributed by atoms with E-state index in [1.165, 1.54) is 13.2 Å². The summed E-state index contributed by atoms with van der Waals surface area (Å²) in [5.74, 6) is 0.425. The Morgan fingerprint density at radius 3 is 2.71 bits per heavy atom. The summed E-state index contributed by atoms with van der Waals surface area (Å²) >= 11 is 3.29. The Morgan fingerprint density at radius 1 is 1.57 bits per heavy atom. The Morgan fingerprint density at radius 2 is 2.21 bits per heavy atom. The van der Waals surface area contributed by atoms with Gasteiger partial charge in [0, 0.05) is 45.8 Å². The predicted molar refractivity (Wildman–Crippen MR) is 56.3 cm³/mol. The minimum absolute atomic E-state index is 0. The van der Waals surface area contributed by atoms with Gasteiger partial charge in [-0.15, -0.1) is 0 Å². The maximum Gasteiger partial charge on any atom is 0.142 e. The van der Waals surface area contributed by atoms with E-state index in [-0.39, 0.29) is 29.6 Å². The molecule has 0 saturated heterocycles. The minimum Gasteiger partial charge on any atom is -0.755 e. The number of nitrogens with one attached hydrogen (secondary N) is 1. The third-order valence-corrected chi connectivity index (χ3v) is 1.98. The SMILES string of the molecule is COc1ccc(Cl)cc1NS(=O)[O-].[Na]. The van der Waals surface area contributed by atoms with E-state index < -0.39 is 11.3 Å². The van der Waals surface area contributed by atoms with Gasteiger partial charge in [-0.3, -0.25) is 4.21 Å². The van der Waals surface area contributed by atoms with E-state index in [0.29, 0.717) is 16.5 Å². The number of hydrogen-bond acceptors (Lipinski definition) is 3. The zero-order valence-electron chi connectivity index (χ0n) is 7.74. The van der Waals surface area contributed by atoms with Gasteiger partial charge in [-0.25, -0.2) is 0 Å². The number of methoxy groups -OCH3 is 1. The van der Waals surface area contributed by atoms with E-state index in [4.69, 9.17) is 16.3 Å². The van der Waals surface area contributed by atoms with Crippen LogP contribution in [0, 0.1) is 0 Å². The molecule has 0 aliphatic rings. The van der Waals surface area contributed by atoms with Crippen molar-refractivity contribution >= 4 is 58.1 Å². The van der Waals surface area contributed by atoms with Crippen LogP contribution < -0.4 is 9.46 Å². The molecule has 73 valence electrons. The van der Waals surface area contributed by atoms with Gasteiger partial charge in [-0.2, -0.15) is 0 Å². The fourth-order valence-corrected chi connectivity index (χ4v) is 1.36. The summed E-state index contributed by atoms with van der Waals surface area (Å²) in [4.78, 5) is 0. The van der Waals surface area contributed by atoms with E-state index in [1.807, 2.05) is 0 Å². The zero-order chi connectivity index (χ0) is 9.84. The molecule has 0 aliphatic heterocycles. The average Bonchev–Trinajstić information content (AvgIpc) is 2.03. The van der Waals surface area contributed by atoms with Crippen LogP contribution in [-0.2, 0) is 11.3 Å². The summed E-state index contributed by atoms with van der Waals surface area (Å²) in [5.41, 5.74) is 0.323. The normalized spacial score (nSPS) is 11.4. The molecule has 0 spiro atoms. The molecule has 1 aromatic rings. The van der Waals surface area contributed by atoms with Crippen molar-refractivity contribution in [3.63, 3.8) is 0 Å². The van der Waals surface area contributed by atoms with Crippen LogP contribution in [0.25, 0.3) is 0 Å². The van der Waals surface area contributed by atoms with Gasteiger partial charge >= 0.3 is 0 Å². The zero-order valence-corrected chi connectivity index (χ0v) is 11.3. The molecule has 1 radical (unpaired) electrons. The van der Waals surface area contributed by atoms with Gasteiger partial charge < -0.3 is 14.0 Å². The van der Waals surface area contributed by atoms with Crippen molar-refractivity contribution in [2.75, 3.05) is 11.8 Å². The second kappa shape index (κ2) is 6.66. The molecule has 0 aromatic heterocycles. The number of ether oxygens (including phenoxy) is 1. The fourth-order valence-electron chi connectivity index (χ4n) is 0.850. The van der Waals surface area contributed by atoms with Crippen LogP contribution in [0.3, 0.4) is 0 Å². The van der Waals surface area contributed by atoms with Gasteiger partial charge in [0.05, 0.1) is 12.8 Å². The van der Waals surface area contributed by atoms with Crippen LogP contribution in [0.1, 0.15) is 0 Å². The minimum atomic E-state index is -2.38. The summed E-state index contributed by atoms with van der Waals surface area (Å²) in [6.07, 6.45) is 0.